The summed E-state index contributed by atoms with van der Waals surface area (Å²) in [4.78, 5) is 0. The van der Waals surface area contributed by atoms with Gasteiger partial charge in [0.25, 0.3) is 0 Å². The largest absolute Gasteiger partial charge is 0.497 e. The van der Waals surface area contributed by atoms with Gasteiger partial charge in [0.05, 0.1) is 7.11 Å². The van der Waals surface area contributed by atoms with Crippen LogP contribution in [0.3, 0.4) is 0 Å². The predicted octanol–water partition coefficient (Wildman–Crippen LogP) is 3.98. The third-order valence-electron chi connectivity index (χ3n) is 2.62. The number of hydrogen-bond donors (Lipinski definition) is 0. The molecule has 0 aliphatic heterocycles. The van der Waals surface area contributed by atoms with Crippen molar-refractivity contribution in [2.75, 3.05) is 12.4 Å². The molecule has 0 spiro atoms. The normalized spacial score (nSPS) is 10.3. The molecule has 1 aromatic carbocycles. The summed E-state index contributed by atoms with van der Waals surface area (Å²) in [5.41, 5.74) is 2.89. The molecule has 1 rings (SSSR count). The van der Waals surface area contributed by atoms with Crippen molar-refractivity contribution in [3.05, 3.63) is 29.3 Å². The summed E-state index contributed by atoms with van der Waals surface area (Å²) in [7, 11) is 1.73. The fourth-order valence-corrected chi connectivity index (χ4v) is 2.11. The van der Waals surface area contributed by atoms with Crippen molar-refractivity contribution >= 4 is 15.9 Å². The van der Waals surface area contributed by atoms with Crippen LogP contribution in [0, 0.1) is 0 Å². The van der Waals surface area contributed by atoms with E-state index in [2.05, 4.69) is 35.0 Å². The van der Waals surface area contributed by atoms with Crippen LogP contribution in [-0.2, 0) is 12.8 Å². The Morgan fingerprint density at radius 1 is 1.20 bits per heavy atom. The van der Waals surface area contributed by atoms with Gasteiger partial charge >= 0.3 is 0 Å². The number of unbranched alkanes of at least 4 members (excludes halogenated alkanes) is 1. The molecule has 0 radical (unpaired) electrons. The number of aryl methyl sites for hydroxylation is 2. The number of halogens is 1. The van der Waals surface area contributed by atoms with Gasteiger partial charge in [0, 0.05) is 5.33 Å². The van der Waals surface area contributed by atoms with Crippen molar-refractivity contribution in [2.24, 2.45) is 0 Å². The minimum atomic E-state index is 0.973. The maximum atomic E-state index is 5.25. The highest BCUT2D eigenvalue weighted by Gasteiger charge is 2.02. The SMILES string of the molecule is CCc1ccc(OC)cc1CCCCBr. The molecule has 0 saturated carbocycles. The zero-order chi connectivity index (χ0) is 11.1. The molecule has 1 nitrogen and oxygen atoms in total. The lowest BCUT2D eigenvalue weighted by Crippen LogP contribution is -1.95. The standard InChI is InChI=1S/C13H19BrO/c1-3-11-7-8-13(15-2)10-12(11)6-4-5-9-14/h7-8,10H,3-6,9H2,1-2H3. The summed E-state index contributed by atoms with van der Waals surface area (Å²) >= 11 is 3.46. The van der Waals surface area contributed by atoms with E-state index in [0.717, 1.165) is 23.9 Å². The average Bonchev–Trinajstić information content (AvgIpc) is 2.29. The second-order valence-electron chi connectivity index (χ2n) is 3.63. The van der Waals surface area contributed by atoms with Crippen LogP contribution in [-0.4, -0.2) is 12.4 Å². The van der Waals surface area contributed by atoms with Crippen molar-refractivity contribution in [1.29, 1.82) is 0 Å². The molecular formula is C13H19BrO. The maximum Gasteiger partial charge on any atom is 0.119 e. The average molecular weight is 271 g/mol. The summed E-state index contributed by atoms with van der Waals surface area (Å²) in [5.74, 6) is 0.973. The van der Waals surface area contributed by atoms with Crippen LogP contribution in [0.2, 0.25) is 0 Å². The number of rotatable bonds is 6. The summed E-state index contributed by atoms with van der Waals surface area (Å²) in [6, 6.07) is 6.40. The molecule has 0 aliphatic rings. The quantitative estimate of drug-likeness (QED) is 0.562. The molecule has 0 N–H and O–H groups in total. The zero-order valence-electron chi connectivity index (χ0n) is 9.55. The highest BCUT2D eigenvalue weighted by Crippen LogP contribution is 2.20. The van der Waals surface area contributed by atoms with E-state index in [-0.39, 0.29) is 0 Å². The number of benzene rings is 1. The molecule has 1 aromatic rings. The Bertz CT molecular complexity index is 297. The van der Waals surface area contributed by atoms with E-state index in [1.165, 1.54) is 24.0 Å². The molecule has 15 heavy (non-hydrogen) atoms. The second kappa shape index (κ2) is 6.89. The van der Waals surface area contributed by atoms with Gasteiger partial charge in [-0.2, -0.15) is 0 Å². The van der Waals surface area contributed by atoms with Crippen molar-refractivity contribution in [2.45, 2.75) is 32.6 Å². The number of hydrogen-bond acceptors (Lipinski definition) is 1. The molecule has 0 aromatic heterocycles. The van der Waals surface area contributed by atoms with Gasteiger partial charge in [0.2, 0.25) is 0 Å². The lowest BCUT2D eigenvalue weighted by Gasteiger charge is -2.09. The third kappa shape index (κ3) is 3.86. The lowest BCUT2D eigenvalue weighted by molar-refractivity contribution is 0.414. The molecular weight excluding hydrogens is 252 g/mol. The first kappa shape index (κ1) is 12.6. The van der Waals surface area contributed by atoms with Crippen LogP contribution in [0.25, 0.3) is 0 Å². The minimum Gasteiger partial charge on any atom is -0.497 e. The molecule has 84 valence electrons. The first-order chi connectivity index (χ1) is 7.31. The summed E-state index contributed by atoms with van der Waals surface area (Å²) in [6.07, 6.45) is 4.74. The minimum absolute atomic E-state index is 0.973. The molecule has 0 fully saturated rings. The Hall–Kier alpha value is -0.500. The molecule has 0 unspecified atom stereocenters. The van der Waals surface area contributed by atoms with E-state index in [1.807, 2.05) is 6.07 Å². The van der Waals surface area contributed by atoms with Crippen LogP contribution in [0.1, 0.15) is 30.9 Å². The van der Waals surface area contributed by atoms with Gasteiger partial charge in [-0.1, -0.05) is 28.9 Å². The van der Waals surface area contributed by atoms with Gasteiger partial charge in [0.1, 0.15) is 5.75 Å². The summed E-state index contributed by atoms with van der Waals surface area (Å²) < 4.78 is 5.25. The number of ether oxygens (including phenoxy) is 1. The van der Waals surface area contributed by atoms with E-state index < -0.39 is 0 Å². The van der Waals surface area contributed by atoms with Gasteiger partial charge in [-0.05, 0) is 48.9 Å². The van der Waals surface area contributed by atoms with E-state index in [0.29, 0.717) is 0 Å². The van der Waals surface area contributed by atoms with Gasteiger partial charge in [-0.25, -0.2) is 0 Å². The Labute approximate surface area is 101 Å². The highest BCUT2D eigenvalue weighted by atomic mass is 79.9. The third-order valence-corrected chi connectivity index (χ3v) is 3.18. The molecule has 2 heteroatoms. The van der Waals surface area contributed by atoms with Gasteiger partial charge in [0.15, 0.2) is 0 Å². The van der Waals surface area contributed by atoms with E-state index in [4.69, 9.17) is 4.74 Å². The van der Waals surface area contributed by atoms with Crippen LogP contribution >= 0.6 is 15.9 Å². The Morgan fingerprint density at radius 3 is 2.60 bits per heavy atom. The fraction of sp³-hybridized carbons (Fsp3) is 0.538. The first-order valence-electron chi connectivity index (χ1n) is 5.53. The van der Waals surface area contributed by atoms with Crippen LogP contribution < -0.4 is 4.74 Å². The van der Waals surface area contributed by atoms with Gasteiger partial charge in [-0.3, -0.25) is 0 Å². The summed E-state index contributed by atoms with van der Waals surface area (Å²) in [6.45, 7) is 2.20. The number of methoxy groups -OCH3 is 1. The second-order valence-corrected chi connectivity index (χ2v) is 4.43. The predicted molar refractivity (Wildman–Crippen MR) is 69.1 cm³/mol. The smallest absolute Gasteiger partial charge is 0.119 e. The molecule has 0 saturated heterocycles. The molecule has 0 heterocycles. The van der Waals surface area contributed by atoms with E-state index >= 15 is 0 Å². The Balaban J connectivity index is 2.72. The maximum absolute atomic E-state index is 5.25. The van der Waals surface area contributed by atoms with Crippen molar-refractivity contribution < 1.29 is 4.74 Å². The van der Waals surface area contributed by atoms with Crippen molar-refractivity contribution in [3.8, 4) is 5.75 Å². The fourth-order valence-electron chi connectivity index (χ4n) is 1.72. The Morgan fingerprint density at radius 2 is 2.00 bits per heavy atom. The monoisotopic (exact) mass is 270 g/mol. The van der Waals surface area contributed by atoms with Crippen LogP contribution in [0.4, 0.5) is 0 Å². The van der Waals surface area contributed by atoms with Crippen molar-refractivity contribution in [1.82, 2.24) is 0 Å². The van der Waals surface area contributed by atoms with E-state index in [1.54, 1.807) is 7.11 Å². The summed E-state index contributed by atoms with van der Waals surface area (Å²) in [5, 5.41) is 1.10. The topological polar surface area (TPSA) is 9.23 Å². The van der Waals surface area contributed by atoms with Gasteiger partial charge in [-0.15, -0.1) is 0 Å². The zero-order valence-corrected chi connectivity index (χ0v) is 11.1. The van der Waals surface area contributed by atoms with Crippen LogP contribution in [0.15, 0.2) is 18.2 Å². The molecule has 0 amide bonds. The number of alkyl halides is 1. The molecule has 0 atom stereocenters. The van der Waals surface area contributed by atoms with Crippen molar-refractivity contribution in [3.63, 3.8) is 0 Å². The van der Waals surface area contributed by atoms with Crippen LogP contribution in [0.5, 0.6) is 5.75 Å². The highest BCUT2D eigenvalue weighted by molar-refractivity contribution is 9.09. The first-order valence-corrected chi connectivity index (χ1v) is 6.65. The van der Waals surface area contributed by atoms with E-state index in [9.17, 15) is 0 Å². The Kier molecular flexibility index (Phi) is 5.77. The molecule has 0 aliphatic carbocycles. The molecule has 0 bridgehead atoms. The lowest BCUT2D eigenvalue weighted by atomic mass is 10.00. The van der Waals surface area contributed by atoms with Gasteiger partial charge < -0.3 is 4.74 Å².